The lowest BCUT2D eigenvalue weighted by molar-refractivity contribution is -0.153. The number of hydrogen-bond acceptors (Lipinski definition) is 5. The minimum Gasteiger partial charge on any atom is -0.453 e. The second kappa shape index (κ2) is 7.72. The second-order valence-corrected chi connectivity index (χ2v) is 8.79. The molecule has 6 nitrogen and oxygen atoms in total. The molecule has 1 heterocycles. The van der Waals surface area contributed by atoms with Crippen LogP contribution in [0.1, 0.15) is 19.8 Å². The summed E-state index contributed by atoms with van der Waals surface area (Å²) >= 11 is 11.7. The van der Waals surface area contributed by atoms with Crippen LogP contribution in [0.2, 0.25) is 10.0 Å². The van der Waals surface area contributed by atoms with Gasteiger partial charge in [-0.15, -0.1) is 0 Å². The van der Waals surface area contributed by atoms with Crippen molar-refractivity contribution in [1.29, 1.82) is 0 Å². The molecule has 1 saturated heterocycles. The number of rotatable bonds is 5. The Balaban J connectivity index is 1.86. The summed E-state index contributed by atoms with van der Waals surface area (Å²) in [4.78, 5) is 23.9. The Morgan fingerprint density at radius 2 is 2.08 bits per heavy atom. The molecule has 2 atom stereocenters. The number of halogens is 2. The van der Waals surface area contributed by atoms with Crippen molar-refractivity contribution in [2.45, 2.75) is 25.9 Å². The zero-order valence-corrected chi connectivity index (χ0v) is 15.2. The standard InChI is InChI=1S/C15H17Cl2NO5S/c1-9(15(20)18-13-3-2-11(16)7-12(13)17)23-14(19)6-10-4-5-24(21,22)8-10/h2-3,7,9-10H,4-6,8H2,1H3,(H,18,20)/t9-,10+/m1/s1. The smallest absolute Gasteiger partial charge is 0.306 e. The van der Waals surface area contributed by atoms with E-state index in [9.17, 15) is 18.0 Å². The largest absolute Gasteiger partial charge is 0.453 e. The van der Waals surface area contributed by atoms with Gasteiger partial charge in [0.1, 0.15) is 0 Å². The van der Waals surface area contributed by atoms with Gasteiger partial charge in [0.2, 0.25) is 0 Å². The van der Waals surface area contributed by atoms with Gasteiger partial charge in [-0.1, -0.05) is 23.2 Å². The topological polar surface area (TPSA) is 89.5 Å². The van der Waals surface area contributed by atoms with Gasteiger partial charge in [-0.2, -0.15) is 0 Å². The summed E-state index contributed by atoms with van der Waals surface area (Å²) in [6.07, 6.45) is -0.598. The summed E-state index contributed by atoms with van der Waals surface area (Å²) in [6, 6.07) is 4.59. The maximum atomic E-state index is 12.0. The number of carbonyl (C=O) groups excluding carboxylic acids is 2. The van der Waals surface area contributed by atoms with Crippen LogP contribution in [0.5, 0.6) is 0 Å². The molecule has 0 aromatic heterocycles. The van der Waals surface area contributed by atoms with Crippen LogP contribution >= 0.6 is 23.2 Å². The van der Waals surface area contributed by atoms with Gasteiger partial charge >= 0.3 is 5.97 Å². The van der Waals surface area contributed by atoms with Crippen LogP contribution in [0.25, 0.3) is 0 Å². The molecule has 1 aromatic rings. The summed E-state index contributed by atoms with van der Waals surface area (Å²) < 4.78 is 27.8. The van der Waals surface area contributed by atoms with E-state index >= 15 is 0 Å². The zero-order chi connectivity index (χ0) is 17.9. The molecule has 0 bridgehead atoms. The average Bonchev–Trinajstić information content (AvgIpc) is 2.80. The molecule has 1 amide bonds. The first-order chi connectivity index (χ1) is 11.2. The molecule has 1 fully saturated rings. The first kappa shape index (κ1) is 19.0. The van der Waals surface area contributed by atoms with E-state index in [4.69, 9.17) is 27.9 Å². The number of carbonyl (C=O) groups is 2. The highest BCUT2D eigenvalue weighted by molar-refractivity contribution is 7.91. The number of amides is 1. The molecule has 0 aliphatic carbocycles. The SMILES string of the molecule is C[C@@H](OC(=O)C[C@@H]1CCS(=O)(=O)C1)C(=O)Nc1ccc(Cl)cc1Cl. The van der Waals surface area contributed by atoms with E-state index < -0.39 is 27.8 Å². The van der Waals surface area contributed by atoms with Gasteiger partial charge in [-0.05, 0) is 37.5 Å². The molecule has 132 valence electrons. The molecule has 1 aromatic carbocycles. The van der Waals surface area contributed by atoms with Gasteiger partial charge < -0.3 is 10.1 Å². The fraction of sp³-hybridized carbons (Fsp3) is 0.467. The fourth-order valence-electron chi connectivity index (χ4n) is 2.39. The molecule has 0 spiro atoms. The molecule has 24 heavy (non-hydrogen) atoms. The van der Waals surface area contributed by atoms with Crippen molar-refractivity contribution in [1.82, 2.24) is 0 Å². The summed E-state index contributed by atoms with van der Waals surface area (Å²) in [6.45, 7) is 1.43. The third-order valence-electron chi connectivity index (χ3n) is 3.65. The van der Waals surface area contributed by atoms with Crippen molar-refractivity contribution in [3.63, 3.8) is 0 Å². The predicted octanol–water partition coefficient (Wildman–Crippen LogP) is 2.69. The van der Waals surface area contributed by atoms with E-state index in [1.54, 1.807) is 12.1 Å². The highest BCUT2D eigenvalue weighted by Gasteiger charge is 2.30. The molecule has 1 aliphatic heterocycles. The Bertz CT molecular complexity index is 750. The number of nitrogens with one attached hydrogen (secondary N) is 1. The molecular weight excluding hydrogens is 377 g/mol. The monoisotopic (exact) mass is 393 g/mol. The van der Waals surface area contributed by atoms with E-state index in [1.807, 2.05) is 0 Å². The van der Waals surface area contributed by atoms with E-state index in [0.717, 1.165) is 0 Å². The van der Waals surface area contributed by atoms with E-state index in [1.165, 1.54) is 13.0 Å². The van der Waals surface area contributed by atoms with Crippen molar-refractivity contribution in [3.05, 3.63) is 28.2 Å². The molecule has 0 saturated carbocycles. The van der Waals surface area contributed by atoms with Gasteiger partial charge in [-0.3, -0.25) is 9.59 Å². The van der Waals surface area contributed by atoms with Gasteiger partial charge in [0.05, 0.1) is 22.2 Å². The minimum absolute atomic E-state index is 0.0109. The number of sulfone groups is 1. The molecule has 2 rings (SSSR count). The van der Waals surface area contributed by atoms with Crippen LogP contribution in [0, 0.1) is 5.92 Å². The van der Waals surface area contributed by atoms with Crippen LogP contribution in [-0.2, 0) is 24.2 Å². The van der Waals surface area contributed by atoms with Crippen molar-refractivity contribution in [2.24, 2.45) is 5.92 Å². The Morgan fingerprint density at radius 3 is 2.67 bits per heavy atom. The van der Waals surface area contributed by atoms with Crippen LogP contribution in [0.15, 0.2) is 18.2 Å². The van der Waals surface area contributed by atoms with Crippen molar-refractivity contribution in [2.75, 3.05) is 16.8 Å². The quantitative estimate of drug-likeness (QED) is 0.776. The molecule has 1 aliphatic rings. The maximum Gasteiger partial charge on any atom is 0.306 e. The number of esters is 1. The fourth-order valence-corrected chi connectivity index (χ4v) is 4.71. The maximum absolute atomic E-state index is 12.0. The lowest BCUT2D eigenvalue weighted by atomic mass is 10.1. The van der Waals surface area contributed by atoms with E-state index in [0.29, 0.717) is 17.1 Å². The summed E-state index contributed by atoms with van der Waals surface area (Å²) in [5.41, 5.74) is 0.357. The number of hydrogen-bond donors (Lipinski definition) is 1. The first-order valence-corrected chi connectivity index (χ1v) is 9.90. The van der Waals surface area contributed by atoms with Crippen LogP contribution in [0.3, 0.4) is 0 Å². The number of anilines is 1. The van der Waals surface area contributed by atoms with Gasteiger partial charge in [0.15, 0.2) is 15.9 Å². The normalized spacial score (nSPS) is 20.4. The molecular formula is C15H17Cl2NO5S. The predicted molar refractivity (Wildman–Crippen MR) is 92.0 cm³/mol. The van der Waals surface area contributed by atoms with Crippen molar-refractivity contribution in [3.8, 4) is 0 Å². The Hall–Kier alpha value is -1.31. The summed E-state index contributed by atoms with van der Waals surface area (Å²) in [5.74, 6) is -1.30. The third-order valence-corrected chi connectivity index (χ3v) is 6.03. The van der Waals surface area contributed by atoms with Crippen LogP contribution in [0.4, 0.5) is 5.69 Å². The number of ether oxygens (including phenoxy) is 1. The lowest BCUT2D eigenvalue weighted by Gasteiger charge is -2.15. The van der Waals surface area contributed by atoms with Gasteiger partial charge in [0.25, 0.3) is 5.91 Å². The number of benzene rings is 1. The molecule has 9 heteroatoms. The Kier molecular flexibility index (Phi) is 6.11. The zero-order valence-electron chi connectivity index (χ0n) is 12.9. The molecule has 0 radical (unpaired) electrons. The average molecular weight is 394 g/mol. The van der Waals surface area contributed by atoms with Crippen molar-refractivity contribution >= 4 is 50.6 Å². The van der Waals surface area contributed by atoms with E-state index in [-0.39, 0.29) is 28.9 Å². The Morgan fingerprint density at radius 1 is 1.38 bits per heavy atom. The van der Waals surface area contributed by atoms with Crippen LogP contribution in [-0.4, -0.2) is 37.9 Å². The lowest BCUT2D eigenvalue weighted by Crippen LogP contribution is -2.30. The second-order valence-electron chi connectivity index (χ2n) is 5.72. The van der Waals surface area contributed by atoms with E-state index in [2.05, 4.69) is 5.32 Å². The molecule has 0 unspecified atom stereocenters. The summed E-state index contributed by atoms with van der Waals surface area (Å²) in [5, 5.41) is 3.25. The third kappa shape index (κ3) is 5.36. The summed E-state index contributed by atoms with van der Waals surface area (Å²) in [7, 11) is -3.05. The Labute approximate surface area is 150 Å². The van der Waals surface area contributed by atoms with Crippen LogP contribution < -0.4 is 5.32 Å². The minimum atomic E-state index is -3.05. The van der Waals surface area contributed by atoms with Gasteiger partial charge in [-0.25, -0.2) is 8.42 Å². The highest BCUT2D eigenvalue weighted by atomic mass is 35.5. The van der Waals surface area contributed by atoms with Gasteiger partial charge in [0, 0.05) is 11.4 Å². The molecule has 1 N–H and O–H groups in total. The van der Waals surface area contributed by atoms with Crippen molar-refractivity contribution < 1.29 is 22.7 Å². The first-order valence-electron chi connectivity index (χ1n) is 7.32. The highest BCUT2D eigenvalue weighted by Crippen LogP contribution is 2.26.